The van der Waals surface area contributed by atoms with E-state index in [0.29, 0.717) is 10.4 Å². The van der Waals surface area contributed by atoms with E-state index in [1.54, 1.807) is 18.2 Å². The number of carboxylic acid groups (broad SMARTS) is 1. The molecule has 3 rings (SSSR count). The Morgan fingerprint density at radius 1 is 1.36 bits per heavy atom. The van der Waals surface area contributed by atoms with E-state index in [-0.39, 0.29) is 22.9 Å². The van der Waals surface area contributed by atoms with Crippen LogP contribution in [0, 0.1) is 0 Å². The van der Waals surface area contributed by atoms with Crippen LogP contribution in [0.1, 0.15) is 16.1 Å². The summed E-state index contributed by atoms with van der Waals surface area (Å²) >= 11 is 13.3. The number of benzene rings is 1. The number of halogens is 3. The van der Waals surface area contributed by atoms with Gasteiger partial charge in [-0.05, 0) is 12.1 Å². The van der Waals surface area contributed by atoms with Gasteiger partial charge in [0.05, 0.1) is 11.6 Å². The number of hydrogen-bond acceptors (Lipinski definition) is 3. The first-order chi connectivity index (χ1) is 10.3. The zero-order valence-corrected chi connectivity index (χ0v) is 13.4. The first-order valence-electron chi connectivity index (χ1n) is 6.41. The van der Waals surface area contributed by atoms with Gasteiger partial charge < -0.3 is 10.0 Å². The van der Waals surface area contributed by atoms with E-state index in [1.807, 2.05) is 0 Å². The molecule has 0 radical (unpaired) electrons. The Morgan fingerprint density at radius 3 is 2.73 bits per heavy atom. The SMILES string of the molecule is O=C(c1sc2cc(Cl)ccc2c1Cl)N1CCC(F)(C(=O)O)C1. The predicted octanol–water partition coefficient (Wildman–Crippen LogP) is 3.85. The molecule has 8 heteroatoms. The molecule has 1 amide bonds. The van der Waals surface area contributed by atoms with Crippen molar-refractivity contribution in [3.63, 3.8) is 0 Å². The fraction of sp³-hybridized carbons (Fsp3) is 0.286. The number of thiophene rings is 1. The van der Waals surface area contributed by atoms with Crippen molar-refractivity contribution >= 4 is 56.5 Å². The number of alkyl halides is 1. The normalized spacial score (nSPS) is 21.5. The molecule has 0 spiro atoms. The average Bonchev–Trinajstić information content (AvgIpc) is 3.01. The van der Waals surface area contributed by atoms with Crippen LogP contribution in [0.4, 0.5) is 4.39 Å². The van der Waals surface area contributed by atoms with Gasteiger partial charge in [0.2, 0.25) is 5.67 Å². The Morgan fingerprint density at radius 2 is 2.09 bits per heavy atom. The summed E-state index contributed by atoms with van der Waals surface area (Å²) < 4.78 is 14.8. The summed E-state index contributed by atoms with van der Waals surface area (Å²) in [6.45, 7) is -0.417. The van der Waals surface area contributed by atoms with E-state index in [9.17, 15) is 14.0 Å². The van der Waals surface area contributed by atoms with Gasteiger partial charge in [-0.15, -0.1) is 11.3 Å². The minimum Gasteiger partial charge on any atom is -0.479 e. The molecule has 1 fully saturated rings. The third-order valence-electron chi connectivity index (χ3n) is 3.68. The van der Waals surface area contributed by atoms with Crippen LogP contribution in [-0.2, 0) is 4.79 Å². The van der Waals surface area contributed by atoms with Crippen LogP contribution in [0.15, 0.2) is 18.2 Å². The standard InChI is InChI=1S/C14H10Cl2FNO3S/c15-7-1-2-8-9(5-7)22-11(10(8)16)12(19)18-4-3-14(17,6-18)13(20)21/h1-2,5H,3-4,6H2,(H,20,21). The second kappa shape index (κ2) is 5.37. The number of carboxylic acids is 1. The van der Waals surface area contributed by atoms with E-state index in [4.69, 9.17) is 28.3 Å². The van der Waals surface area contributed by atoms with Crippen LogP contribution in [0.3, 0.4) is 0 Å². The van der Waals surface area contributed by atoms with Crippen molar-refractivity contribution in [2.45, 2.75) is 12.1 Å². The fourth-order valence-corrected chi connectivity index (χ4v) is 4.20. The van der Waals surface area contributed by atoms with Crippen LogP contribution >= 0.6 is 34.5 Å². The first-order valence-corrected chi connectivity index (χ1v) is 7.98. The minimum atomic E-state index is -2.39. The van der Waals surface area contributed by atoms with Gasteiger partial charge in [0.25, 0.3) is 5.91 Å². The van der Waals surface area contributed by atoms with E-state index in [0.717, 1.165) is 16.0 Å². The molecular formula is C14H10Cl2FNO3S. The number of rotatable bonds is 2. The van der Waals surface area contributed by atoms with Crippen LogP contribution in [0.2, 0.25) is 10.0 Å². The maximum atomic E-state index is 14.1. The van der Waals surface area contributed by atoms with Gasteiger partial charge in [-0.3, -0.25) is 4.79 Å². The van der Waals surface area contributed by atoms with Crippen molar-refractivity contribution in [1.29, 1.82) is 0 Å². The highest BCUT2D eigenvalue weighted by molar-refractivity contribution is 7.21. The molecule has 116 valence electrons. The number of fused-ring (bicyclic) bond motifs is 1. The molecule has 1 N–H and O–H groups in total. The van der Waals surface area contributed by atoms with Crippen molar-refractivity contribution in [1.82, 2.24) is 4.90 Å². The van der Waals surface area contributed by atoms with Crippen molar-refractivity contribution < 1.29 is 19.1 Å². The lowest BCUT2D eigenvalue weighted by Gasteiger charge is -2.17. The molecular weight excluding hydrogens is 352 g/mol. The number of hydrogen-bond donors (Lipinski definition) is 1. The largest absolute Gasteiger partial charge is 0.479 e. The zero-order valence-electron chi connectivity index (χ0n) is 11.1. The summed E-state index contributed by atoms with van der Waals surface area (Å²) in [5.41, 5.74) is -2.39. The van der Waals surface area contributed by atoms with Gasteiger partial charge in [-0.25, -0.2) is 9.18 Å². The van der Waals surface area contributed by atoms with Crippen LogP contribution in [0.5, 0.6) is 0 Å². The summed E-state index contributed by atoms with van der Waals surface area (Å²) in [4.78, 5) is 24.9. The molecule has 2 heterocycles. The maximum absolute atomic E-state index is 14.1. The van der Waals surface area contributed by atoms with E-state index in [1.165, 1.54) is 4.90 Å². The number of carbonyl (C=O) groups excluding carboxylic acids is 1. The number of nitrogens with zero attached hydrogens (tertiary/aromatic N) is 1. The second-order valence-electron chi connectivity index (χ2n) is 5.13. The predicted molar refractivity (Wildman–Crippen MR) is 83.8 cm³/mol. The van der Waals surface area contributed by atoms with E-state index in [2.05, 4.69) is 0 Å². The highest BCUT2D eigenvalue weighted by Crippen LogP contribution is 2.38. The molecule has 0 saturated carbocycles. The highest BCUT2D eigenvalue weighted by Gasteiger charge is 2.47. The van der Waals surface area contributed by atoms with Gasteiger partial charge in [-0.2, -0.15) is 0 Å². The number of amides is 1. The number of carbonyl (C=O) groups is 2. The lowest BCUT2D eigenvalue weighted by atomic mass is 10.1. The summed E-state index contributed by atoms with van der Waals surface area (Å²) in [7, 11) is 0. The molecule has 1 atom stereocenters. The van der Waals surface area contributed by atoms with Gasteiger partial charge in [-0.1, -0.05) is 29.3 Å². The molecule has 22 heavy (non-hydrogen) atoms. The molecule has 1 saturated heterocycles. The van der Waals surface area contributed by atoms with Crippen LogP contribution in [-0.4, -0.2) is 40.6 Å². The Hall–Kier alpha value is -1.37. The average molecular weight is 362 g/mol. The van der Waals surface area contributed by atoms with E-state index < -0.39 is 24.1 Å². The summed E-state index contributed by atoms with van der Waals surface area (Å²) in [5.74, 6) is -2.00. The third-order valence-corrected chi connectivity index (χ3v) is 5.56. The lowest BCUT2D eigenvalue weighted by Crippen LogP contribution is -2.38. The zero-order chi connectivity index (χ0) is 16.1. The minimum absolute atomic E-state index is 0.0486. The second-order valence-corrected chi connectivity index (χ2v) is 7.00. The molecule has 2 aromatic rings. The van der Waals surface area contributed by atoms with E-state index >= 15 is 0 Å². The first kappa shape index (κ1) is 15.5. The Balaban J connectivity index is 1.93. The molecule has 1 unspecified atom stereocenters. The molecule has 0 aliphatic carbocycles. The smallest absolute Gasteiger partial charge is 0.343 e. The number of aliphatic carboxylic acids is 1. The molecule has 1 aliphatic heterocycles. The van der Waals surface area contributed by atoms with Gasteiger partial charge in [0.1, 0.15) is 4.88 Å². The van der Waals surface area contributed by atoms with Crippen molar-refractivity contribution in [3.05, 3.63) is 33.1 Å². The van der Waals surface area contributed by atoms with Crippen LogP contribution < -0.4 is 0 Å². The van der Waals surface area contributed by atoms with Crippen molar-refractivity contribution in [3.8, 4) is 0 Å². The highest BCUT2D eigenvalue weighted by atomic mass is 35.5. The van der Waals surface area contributed by atoms with Crippen molar-refractivity contribution in [2.24, 2.45) is 0 Å². The number of likely N-dealkylation sites (tertiary alicyclic amines) is 1. The van der Waals surface area contributed by atoms with Gasteiger partial charge >= 0.3 is 5.97 Å². The molecule has 4 nitrogen and oxygen atoms in total. The monoisotopic (exact) mass is 361 g/mol. The van der Waals surface area contributed by atoms with Gasteiger partial charge in [0, 0.05) is 28.1 Å². The summed E-state index contributed by atoms with van der Waals surface area (Å²) in [6, 6.07) is 5.09. The van der Waals surface area contributed by atoms with Crippen LogP contribution in [0.25, 0.3) is 10.1 Å². The Kier molecular flexibility index (Phi) is 3.79. The quantitative estimate of drug-likeness (QED) is 0.883. The van der Waals surface area contributed by atoms with Gasteiger partial charge in [0.15, 0.2) is 0 Å². The topological polar surface area (TPSA) is 57.6 Å². The summed E-state index contributed by atoms with van der Waals surface area (Å²) in [6.07, 6.45) is -0.220. The lowest BCUT2D eigenvalue weighted by molar-refractivity contribution is -0.149. The molecule has 0 bridgehead atoms. The Bertz CT molecular complexity index is 794. The molecule has 1 aromatic carbocycles. The molecule has 1 aromatic heterocycles. The Labute approximate surface area is 139 Å². The fourth-order valence-electron chi connectivity index (χ4n) is 2.44. The van der Waals surface area contributed by atoms with Crippen molar-refractivity contribution in [2.75, 3.05) is 13.1 Å². The maximum Gasteiger partial charge on any atom is 0.343 e. The third kappa shape index (κ3) is 2.45. The summed E-state index contributed by atoms with van der Waals surface area (Å²) in [5, 5.41) is 10.4. The molecule has 1 aliphatic rings.